The van der Waals surface area contributed by atoms with Crippen LogP contribution in [-0.2, 0) is 19.8 Å². The molecule has 0 aliphatic carbocycles. The van der Waals surface area contributed by atoms with Crippen LogP contribution in [0.3, 0.4) is 0 Å². The van der Waals surface area contributed by atoms with Gasteiger partial charge in [-0.3, -0.25) is 0 Å². The summed E-state index contributed by atoms with van der Waals surface area (Å²) in [6, 6.07) is 29.0. The molecular formula is C26H24N2O4. The van der Waals surface area contributed by atoms with Gasteiger partial charge in [0.05, 0.1) is 7.11 Å². The van der Waals surface area contributed by atoms with E-state index in [1.165, 1.54) is 0 Å². The quantitative estimate of drug-likeness (QED) is 0.345. The van der Waals surface area contributed by atoms with Gasteiger partial charge < -0.3 is 18.9 Å². The van der Waals surface area contributed by atoms with Crippen LogP contribution in [0.25, 0.3) is 0 Å². The van der Waals surface area contributed by atoms with E-state index in [4.69, 9.17) is 18.9 Å². The molecule has 0 aliphatic rings. The Morgan fingerprint density at radius 1 is 0.594 bits per heavy atom. The van der Waals surface area contributed by atoms with Gasteiger partial charge >= 0.3 is 0 Å². The SMILES string of the molecule is COc1cccc(OCc2cc(OCc3ccccc3)c(OCc3ccccc3)nn2)c1. The summed E-state index contributed by atoms with van der Waals surface area (Å²) in [5.41, 5.74) is 2.71. The van der Waals surface area contributed by atoms with Crippen molar-refractivity contribution >= 4 is 0 Å². The summed E-state index contributed by atoms with van der Waals surface area (Å²) in [6.45, 7) is 1.00. The first-order valence-corrected chi connectivity index (χ1v) is 10.3. The normalized spacial score (nSPS) is 10.4. The molecule has 0 saturated heterocycles. The van der Waals surface area contributed by atoms with E-state index in [-0.39, 0.29) is 6.61 Å². The molecule has 32 heavy (non-hydrogen) atoms. The molecule has 0 bridgehead atoms. The Morgan fingerprint density at radius 3 is 1.94 bits per heavy atom. The lowest BCUT2D eigenvalue weighted by Gasteiger charge is -2.13. The molecule has 0 N–H and O–H groups in total. The van der Waals surface area contributed by atoms with Crippen molar-refractivity contribution < 1.29 is 18.9 Å². The van der Waals surface area contributed by atoms with Gasteiger partial charge in [0.25, 0.3) is 5.88 Å². The van der Waals surface area contributed by atoms with Crippen molar-refractivity contribution in [3.63, 3.8) is 0 Å². The highest BCUT2D eigenvalue weighted by Crippen LogP contribution is 2.27. The minimum atomic E-state index is 0.237. The van der Waals surface area contributed by atoms with Gasteiger partial charge in [-0.1, -0.05) is 66.7 Å². The second-order valence-corrected chi connectivity index (χ2v) is 7.02. The largest absolute Gasteiger partial charge is 0.497 e. The van der Waals surface area contributed by atoms with Crippen LogP contribution in [0.15, 0.2) is 91.0 Å². The van der Waals surface area contributed by atoms with Gasteiger partial charge in [0, 0.05) is 12.1 Å². The first kappa shape index (κ1) is 21.2. The number of ether oxygens (including phenoxy) is 4. The Morgan fingerprint density at radius 2 is 1.25 bits per heavy atom. The summed E-state index contributed by atoms with van der Waals surface area (Å²) in [6.07, 6.45) is 0. The molecule has 1 aromatic heterocycles. The van der Waals surface area contributed by atoms with E-state index in [0.29, 0.717) is 36.3 Å². The van der Waals surface area contributed by atoms with Gasteiger partial charge in [-0.05, 0) is 23.3 Å². The molecule has 0 amide bonds. The van der Waals surface area contributed by atoms with E-state index in [1.807, 2.05) is 84.9 Å². The molecule has 0 saturated carbocycles. The van der Waals surface area contributed by atoms with Gasteiger partial charge in [0.2, 0.25) is 0 Å². The Hall–Kier alpha value is -4.06. The van der Waals surface area contributed by atoms with E-state index in [1.54, 1.807) is 13.2 Å². The zero-order valence-corrected chi connectivity index (χ0v) is 17.8. The van der Waals surface area contributed by atoms with Crippen molar-refractivity contribution in [3.8, 4) is 23.1 Å². The van der Waals surface area contributed by atoms with Crippen molar-refractivity contribution in [2.24, 2.45) is 0 Å². The smallest absolute Gasteiger partial charge is 0.276 e. The lowest BCUT2D eigenvalue weighted by atomic mass is 10.2. The number of methoxy groups -OCH3 is 1. The zero-order valence-electron chi connectivity index (χ0n) is 17.8. The molecule has 0 aliphatic heterocycles. The lowest BCUT2D eigenvalue weighted by Crippen LogP contribution is -2.06. The second kappa shape index (κ2) is 10.8. The third-order valence-electron chi connectivity index (χ3n) is 4.66. The first-order chi connectivity index (χ1) is 15.8. The van der Waals surface area contributed by atoms with Crippen LogP contribution < -0.4 is 18.9 Å². The van der Waals surface area contributed by atoms with Crippen molar-refractivity contribution in [2.45, 2.75) is 19.8 Å². The third kappa shape index (κ3) is 5.98. The minimum absolute atomic E-state index is 0.237. The first-order valence-electron chi connectivity index (χ1n) is 10.3. The van der Waals surface area contributed by atoms with Gasteiger partial charge in [-0.25, -0.2) is 0 Å². The highest BCUT2D eigenvalue weighted by atomic mass is 16.5. The third-order valence-corrected chi connectivity index (χ3v) is 4.66. The summed E-state index contributed by atoms with van der Waals surface area (Å²) in [7, 11) is 1.62. The zero-order chi connectivity index (χ0) is 22.0. The van der Waals surface area contributed by atoms with Crippen molar-refractivity contribution in [3.05, 3.63) is 108 Å². The number of rotatable bonds is 10. The molecule has 0 atom stereocenters. The molecule has 1 heterocycles. The monoisotopic (exact) mass is 428 g/mol. The van der Waals surface area contributed by atoms with Gasteiger partial charge in [-0.15, -0.1) is 10.2 Å². The number of benzene rings is 3. The molecule has 3 aromatic carbocycles. The molecule has 0 spiro atoms. The van der Waals surface area contributed by atoms with Crippen molar-refractivity contribution in [1.29, 1.82) is 0 Å². The topological polar surface area (TPSA) is 62.7 Å². The number of nitrogens with zero attached hydrogens (tertiary/aromatic N) is 2. The average Bonchev–Trinajstić information content (AvgIpc) is 2.87. The van der Waals surface area contributed by atoms with Crippen molar-refractivity contribution in [2.75, 3.05) is 7.11 Å². The molecule has 4 rings (SSSR count). The summed E-state index contributed by atoms with van der Waals surface area (Å²) in [5, 5.41) is 8.50. The highest BCUT2D eigenvalue weighted by Gasteiger charge is 2.12. The number of hydrogen-bond donors (Lipinski definition) is 0. The van der Waals surface area contributed by atoms with Crippen LogP contribution in [-0.4, -0.2) is 17.3 Å². The van der Waals surface area contributed by atoms with Crippen LogP contribution in [0.4, 0.5) is 0 Å². The van der Waals surface area contributed by atoms with Gasteiger partial charge in [0.15, 0.2) is 5.75 Å². The molecule has 0 radical (unpaired) electrons. The fourth-order valence-electron chi connectivity index (χ4n) is 2.98. The molecule has 0 fully saturated rings. The fraction of sp³-hybridized carbons (Fsp3) is 0.154. The van der Waals surface area contributed by atoms with E-state index in [2.05, 4.69) is 10.2 Å². The summed E-state index contributed by atoms with van der Waals surface area (Å²) in [5.74, 6) is 2.27. The maximum atomic E-state index is 6.04. The Labute approximate surface area is 187 Å². The molecule has 162 valence electrons. The van der Waals surface area contributed by atoms with Crippen molar-refractivity contribution in [1.82, 2.24) is 10.2 Å². The Balaban J connectivity index is 1.48. The molecule has 0 unspecified atom stereocenters. The van der Waals surface area contributed by atoms with E-state index >= 15 is 0 Å². The predicted octanol–water partition coefficient (Wildman–Crippen LogP) is 5.22. The van der Waals surface area contributed by atoms with Gasteiger partial charge in [-0.2, -0.15) is 0 Å². The van der Waals surface area contributed by atoms with Crippen LogP contribution >= 0.6 is 0 Å². The Bertz CT molecular complexity index is 1120. The van der Waals surface area contributed by atoms with Gasteiger partial charge in [0.1, 0.15) is 37.0 Å². The van der Waals surface area contributed by atoms with Crippen LogP contribution in [0.5, 0.6) is 23.1 Å². The summed E-state index contributed by atoms with van der Waals surface area (Å²) >= 11 is 0. The predicted molar refractivity (Wildman–Crippen MR) is 121 cm³/mol. The summed E-state index contributed by atoms with van der Waals surface area (Å²) in [4.78, 5) is 0. The molecular weight excluding hydrogens is 404 g/mol. The lowest BCUT2D eigenvalue weighted by molar-refractivity contribution is 0.240. The molecule has 6 nitrogen and oxygen atoms in total. The van der Waals surface area contributed by atoms with Crippen LogP contribution in [0.2, 0.25) is 0 Å². The summed E-state index contributed by atoms with van der Waals surface area (Å²) < 4.78 is 23.0. The number of aromatic nitrogens is 2. The van der Waals surface area contributed by atoms with E-state index < -0.39 is 0 Å². The average molecular weight is 428 g/mol. The van der Waals surface area contributed by atoms with E-state index in [0.717, 1.165) is 16.9 Å². The molecule has 6 heteroatoms. The second-order valence-electron chi connectivity index (χ2n) is 7.02. The standard InChI is InChI=1S/C26H24N2O4/c1-29-23-13-8-14-24(16-23)30-19-22-15-25(31-17-20-9-4-2-5-10-20)26(28-27-22)32-18-21-11-6-3-7-12-21/h2-16H,17-19H2,1H3. The van der Waals surface area contributed by atoms with Crippen LogP contribution in [0.1, 0.15) is 16.8 Å². The van der Waals surface area contributed by atoms with E-state index in [9.17, 15) is 0 Å². The fourth-order valence-corrected chi connectivity index (χ4v) is 2.98. The Kier molecular flexibility index (Phi) is 7.16. The van der Waals surface area contributed by atoms with Crippen LogP contribution in [0, 0.1) is 0 Å². The molecule has 4 aromatic rings. The maximum Gasteiger partial charge on any atom is 0.276 e. The minimum Gasteiger partial charge on any atom is -0.497 e. The number of hydrogen-bond acceptors (Lipinski definition) is 6. The highest BCUT2D eigenvalue weighted by molar-refractivity contribution is 5.35. The maximum absolute atomic E-state index is 6.04.